The number of fused-ring (bicyclic) bond motifs is 1. The highest BCUT2D eigenvalue weighted by molar-refractivity contribution is 9.10. The van der Waals surface area contributed by atoms with Gasteiger partial charge in [-0.05, 0) is 57.9 Å². The number of carboxylic acid groups (broad SMARTS) is 1. The molecule has 3 heterocycles. The molecular formula is C26H23BrCl2FN5O6S2. The van der Waals surface area contributed by atoms with E-state index in [2.05, 4.69) is 30.7 Å². The first-order chi connectivity index (χ1) is 20.4. The van der Waals surface area contributed by atoms with Crippen molar-refractivity contribution in [3.8, 4) is 0 Å². The molecule has 17 heteroatoms. The van der Waals surface area contributed by atoms with Crippen molar-refractivity contribution in [1.29, 1.82) is 0 Å². The monoisotopic (exact) mass is 733 g/mol. The van der Waals surface area contributed by atoms with Gasteiger partial charge in [-0.15, -0.1) is 0 Å². The number of allylic oxidation sites excluding steroid dienone is 2. The SMILES string of the molecule is O=C(N[C@](Cc1ccc(F)c(Br)c1)(C(=O)O)N1CCOCC1)c1cc(Cl)c(Cl)cc1NS(=O)(=O)C1=CC=CN2SNC=C12. The number of hydrogen-bond donors (Lipinski definition) is 4. The summed E-state index contributed by atoms with van der Waals surface area (Å²) in [5, 5.41) is 13.1. The van der Waals surface area contributed by atoms with Gasteiger partial charge in [-0.1, -0.05) is 29.3 Å². The lowest BCUT2D eigenvalue weighted by molar-refractivity contribution is -0.157. The normalized spacial score (nSPS) is 18.2. The number of benzene rings is 2. The standard InChI is InChI=1S/C26H23BrCl2FN5O6S2/c27-17-10-15(3-4-20(17)30)13-26(25(37)38,34-6-8-41-9-7-34)32-24(36)16-11-18(28)19(29)12-21(16)33-43(39,40)23-2-1-5-35-22(23)14-31-42-35/h1-5,10-12,14,31,33H,6-9,13H2,(H,32,36)(H,37,38)/t26-/m0/s1. The summed E-state index contributed by atoms with van der Waals surface area (Å²) in [4.78, 5) is 28.4. The minimum absolute atomic E-state index is 0.0405. The summed E-state index contributed by atoms with van der Waals surface area (Å²) >= 11 is 16.8. The van der Waals surface area contributed by atoms with Crippen LogP contribution in [0.25, 0.3) is 0 Å². The number of carbonyl (C=O) groups is 2. The molecule has 0 saturated carbocycles. The summed E-state index contributed by atoms with van der Waals surface area (Å²) in [5.74, 6) is -2.87. The molecule has 2 aromatic rings. The number of carbonyl (C=O) groups excluding carboxylic acids is 1. The Balaban J connectivity index is 1.53. The maximum atomic E-state index is 14.0. The van der Waals surface area contributed by atoms with Crippen molar-refractivity contribution in [1.82, 2.24) is 19.2 Å². The van der Waals surface area contributed by atoms with Crippen LogP contribution in [0.1, 0.15) is 15.9 Å². The molecule has 228 valence electrons. The van der Waals surface area contributed by atoms with E-state index in [-0.39, 0.29) is 63.4 Å². The first-order valence-electron chi connectivity index (χ1n) is 12.6. The van der Waals surface area contributed by atoms with Gasteiger partial charge in [0.2, 0.25) is 0 Å². The van der Waals surface area contributed by atoms with E-state index in [0.717, 1.165) is 18.2 Å². The van der Waals surface area contributed by atoms with Crippen LogP contribution in [0.2, 0.25) is 10.0 Å². The van der Waals surface area contributed by atoms with Gasteiger partial charge in [0.1, 0.15) is 10.7 Å². The van der Waals surface area contributed by atoms with Crippen LogP contribution in [0.15, 0.2) is 70.0 Å². The van der Waals surface area contributed by atoms with Crippen LogP contribution >= 0.6 is 51.3 Å². The fourth-order valence-corrected chi connectivity index (χ4v) is 7.46. The largest absolute Gasteiger partial charge is 0.478 e. The second-order valence-electron chi connectivity index (χ2n) is 9.50. The number of rotatable bonds is 9. The molecule has 0 radical (unpaired) electrons. The van der Waals surface area contributed by atoms with Gasteiger partial charge in [0.15, 0.2) is 5.66 Å². The molecule has 5 rings (SSSR count). The van der Waals surface area contributed by atoms with E-state index in [4.69, 9.17) is 27.9 Å². The van der Waals surface area contributed by atoms with Crippen LogP contribution < -0.4 is 14.8 Å². The quantitative estimate of drug-likeness (QED) is 0.274. The zero-order chi connectivity index (χ0) is 30.9. The fraction of sp³-hybridized carbons (Fsp3) is 0.231. The highest BCUT2D eigenvalue weighted by atomic mass is 79.9. The second-order valence-corrected chi connectivity index (χ2v) is 13.6. The van der Waals surface area contributed by atoms with Crippen LogP contribution in [-0.2, 0) is 26.0 Å². The minimum atomic E-state index is -4.28. The van der Waals surface area contributed by atoms with Crippen molar-refractivity contribution in [3.05, 3.63) is 96.9 Å². The number of sulfonamides is 1. The molecule has 1 amide bonds. The van der Waals surface area contributed by atoms with Crippen molar-refractivity contribution >= 4 is 78.9 Å². The first kappa shape index (κ1) is 31.6. The van der Waals surface area contributed by atoms with E-state index in [1.807, 2.05) is 0 Å². The molecule has 1 saturated heterocycles. The summed E-state index contributed by atoms with van der Waals surface area (Å²) < 4.78 is 53.4. The third kappa shape index (κ3) is 6.53. The molecule has 1 fully saturated rings. The topological polar surface area (TPSA) is 140 Å². The molecule has 0 unspecified atom stereocenters. The molecule has 11 nitrogen and oxygen atoms in total. The molecule has 43 heavy (non-hydrogen) atoms. The lowest BCUT2D eigenvalue weighted by Gasteiger charge is -2.43. The Morgan fingerprint density at radius 3 is 2.60 bits per heavy atom. The lowest BCUT2D eigenvalue weighted by atomic mass is 9.96. The van der Waals surface area contributed by atoms with Gasteiger partial charge < -0.3 is 19.9 Å². The molecule has 0 spiro atoms. The minimum Gasteiger partial charge on any atom is -0.478 e. The first-order valence-corrected chi connectivity index (χ1v) is 16.4. The number of amides is 1. The van der Waals surface area contributed by atoms with E-state index in [0.29, 0.717) is 11.3 Å². The van der Waals surface area contributed by atoms with E-state index in [9.17, 15) is 27.5 Å². The maximum Gasteiger partial charge on any atom is 0.345 e. The second kappa shape index (κ2) is 12.7. The smallest absolute Gasteiger partial charge is 0.345 e. The van der Waals surface area contributed by atoms with Crippen molar-refractivity contribution in [2.75, 3.05) is 31.0 Å². The van der Waals surface area contributed by atoms with Crippen molar-refractivity contribution in [2.45, 2.75) is 12.1 Å². The predicted molar refractivity (Wildman–Crippen MR) is 165 cm³/mol. The Labute approximate surface area is 269 Å². The van der Waals surface area contributed by atoms with Crippen LogP contribution in [0.4, 0.5) is 10.1 Å². The molecule has 1 atom stereocenters. The summed E-state index contributed by atoms with van der Waals surface area (Å²) in [6.45, 7) is 0.739. The Bertz CT molecular complexity index is 1690. The number of nitrogens with one attached hydrogen (secondary N) is 3. The molecule has 0 aromatic heterocycles. The summed E-state index contributed by atoms with van der Waals surface area (Å²) in [5.41, 5.74) is -1.76. The number of hydrogen-bond acceptors (Lipinski definition) is 9. The molecule has 2 aromatic carbocycles. The Morgan fingerprint density at radius 1 is 1.19 bits per heavy atom. The molecule has 3 aliphatic rings. The molecule has 4 N–H and O–H groups in total. The summed E-state index contributed by atoms with van der Waals surface area (Å²) in [6.07, 6.45) is 5.86. The highest BCUT2D eigenvalue weighted by Crippen LogP contribution is 2.36. The third-order valence-corrected chi connectivity index (χ3v) is 10.3. The van der Waals surface area contributed by atoms with Gasteiger partial charge in [0.05, 0.1) is 56.8 Å². The Kier molecular flexibility index (Phi) is 9.32. The number of anilines is 1. The third-order valence-electron chi connectivity index (χ3n) is 6.81. The van der Waals surface area contributed by atoms with Gasteiger partial charge in [-0.2, -0.15) is 0 Å². The molecule has 0 aliphatic carbocycles. The van der Waals surface area contributed by atoms with Crippen LogP contribution in [0.3, 0.4) is 0 Å². The zero-order valence-electron chi connectivity index (χ0n) is 21.9. The predicted octanol–water partition coefficient (Wildman–Crippen LogP) is 4.44. The van der Waals surface area contributed by atoms with E-state index >= 15 is 0 Å². The molecular weight excluding hydrogens is 712 g/mol. The van der Waals surface area contributed by atoms with Crippen LogP contribution in [0, 0.1) is 5.82 Å². The number of aliphatic carboxylic acids is 1. The van der Waals surface area contributed by atoms with Gasteiger partial charge >= 0.3 is 5.97 Å². The highest BCUT2D eigenvalue weighted by Gasteiger charge is 2.47. The summed E-state index contributed by atoms with van der Waals surface area (Å²) in [6, 6.07) is 6.37. The van der Waals surface area contributed by atoms with Gasteiger partial charge in [-0.25, -0.2) is 17.6 Å². The Hall–Kier alpha value is -2.79. The van der Waals surface area contributed by atoms with Crippen LogP contribution in [0.5, 0.6) is 0 Å². The molecule has 3 aliphatic heterocycles. The number of ether oxygens (including phenoxy) is 1. The van der Waals surface area contributed by atoms with E-state index in [1.54, 1.807) is 21.5 Å². The zero-order valence-corrected chi connectivity index (χ0v) is 26.7. The fourth-order valence-electron chi connectivity index (χ4n) is 4.73. The number of morpholine rings is 1. The van der Waals surface area contributed by atoms with Gasteiger partial charge in [0, 0.05) is 31.9 Å². The number of carboxylic acids is 1. The van der Waals surface area contributed by atoms with Crippen LogP contribution in [-0.4, -0.2) is 66.6 Å². The number of nitrogens with zero attached hydrogens (tertiary/aromatic N) is 2. The molecule has 0 bridgehead atoms. The van der Waals surface area contributed by atoms with Crippen molar-refractivity contribution in [3.63, 3.8) is 0 Å². The van der Waals surface area contributed by atoms with Gasteiger partial charge in [-0.3, -0.25) is 18.7 Å². The summed E-state index contributed by atoms with van der Waals surface area (Å²) in [7, 11) is -4.28. The number of halogens is 4. The lowest BCUT2D eigenvalue weighted by Crippen LogP contribution is -2.68. The van der Waals surface area contributed by atoms with Crippen molar-refractivity contribution in [2.24, 2.45) is 0 Å². The van der Waals surface area contributed by atoms with E-state index < -0.39 is 33.4 Å². The Morgan fingerprint density at radius 2 is 1.91 bits per heavy atom. The average Bonchev–Trinajstić information content (AvgIpc) is 3.45. The van der Waals surface area contributed by atoms with Gasteiger partial charge in [0.25, 0.3) is 15.9 Å². The average molecular weight is 735 g/mol. The maximum absolute atomic E-state index is 14.0. The van der Waals surface area contributed by atoms with Crippen molar-refractivity contribution < 1.29 is 32.2 Å². The van der Waals surface area contributed by atoms with E-state index in [1.165, 1.54) is 36.5 Å².